The van der Waals surface area contributed by atoms with E-state index in [1.807, 2.05) is 0 Å². The van der Waals surface area contributed by atoms with Crippen molar-refractivity contribution in [3.8, 4) is 0 Å². The molecule has 0 radical (unpaired) electrons. The molecule has 0 aliphatic carbocycles. The van der Waals surface area contributed by atoms with E-state index >= 15 is 0 Å². The van der Waals surface area contributed by atoms with Crippen LogP contribution in [0, 0.1) is 22.7 Å². The SMILES string of the molecule is CCCCC(CC)CC(C)(C)C.CCCCC(CC)CC(C)(C)C. The van der Waals surface area contributed by atoms with Gasteiger partial charge < -0.3 is 0 Å². The Balaban J connectivity index is 0. The Hall–Kier alpha value is 0. The van der Waals surface area contributed by atoms with E-state index in [0.29, 0.717) is 10.8 Å². The molecule has 24 heavy (non-hydrogen) atoms. The van der Waals surface area contributed by atoms with Crippen molar-refractivity contribution < 1.29 is 0 Å². The van der Waals surface area contributed by atoms with Crippen molar-refractivity contribution in [2.45, 2.75) is 133 Å². The van der Waals surface area contributed by atoms with Crippen LogP contribution in [0.2, 0.25) is 0 Å². The standard InChI is InChI=1S/2C12H26/c2*1-6-8-9-11(7-2)10-12(3,4)5/h2*11H,6-10H2,1-5H3. The summed E-state index contributed by atoms with van der Waals surface area (Å²) in [6, 6.07) is 0. The topological polar surface area (TPSA) is 0 Å². The summed E-state index contributed by atoms with van der Waals surface area (Å²) in [7, 11) is 0. The molecule has 0 spiro atoms. The summed E-state index contributed by atoms with van der Waals surface area (Å²) in [6.07, 6.45) is 13.9. The van der Waals surface area contributed by atoms with E-state index in [-0.39, 0.29) is 0 Å². The first-order chi connectivity index (χ1) is 11.0. The fourth-order valence-corrected chi connectivity index (χ4v) is 3.62. The Kier molecular flexibility index (Phi) is 15.5. The molecule has 0 aromatic rings. The summed E-state index contributed by atoms with van der Waals surface area (Å²) in [4.78, 5) is 0. The zero-order valence-corrected chi connectivity index (χ0v) is 19.2. The highest BCUT2D eigenvalue weighted by Crippen LogP contribution is 2.30. The Morgan fingerprint density at radius 1 is 0.542 bits per heavy atom. The first kappa shape index (κ1) is 26.2. The highest BCUT2D eigenvalue weighted by atomic mass is 14.2. The Labute approximate surface area is 156 Å². The summed E-state index contributed by atoms with van der Waals surface area (Å²) in [5.41, 5.74) is 1.04. The molecule has 0 nitrogen and oxygen atoms in total. The Morgan fingerprint density at radius 3 is 1.00 bits per heavy atom. The zero-order valence-electron chi connectivity index (χ0n) is 19.2. The van der Waals surface area contributed by atoms with Crippen LogP contribution in [0.3, 0.4) is 0 Å². The van der Waals surface area contributed by atoms with E-state index in [0.717, 1.165) is 11.8 Å². The second-order valence-electron chi connectivity index (χ2n) is 10.4. The average Bonchev–Trinajstić information content (AvgIpc) is 2.46. The minimum absolute atomic E-state index is 0.522. The first-order valence-corrected chi connectivity index (χ1v) is 11.0. The third kappa shape index (κ3) is 20.0. The lowest BCUT2D eigenvalue weighted by atomic mass is 9.81. The van der Waals surface area contributed by atoms with Crippen LogP contribution in [0.4, 0.5) is 0 Å². The summed E-state index contributed by atoms with van der Waals surface area (Å²) in [5.74, 6) is 1.93. The lowest BCUT2D eigenvalue weighted by Crippen LogP contribution is -2.12. The Bertz CT molecular complexity index is 222. The average molecular weight is 341 g/mol. The Morgan fingerprint density at radius 2 is 0.833 bits per heavy atom. The lowest BCUT2D eigenvalue weighted by molar-refractivity contribution is 0.272. The van der Waals surface area contributed by atoms with Gasteiger partial charge in [0.05, 0.1) is 0 Å². The van der Waals surface area contributed by atoms with Crippen LogP contribution in [-0.2, 0) is 0 Å². The third-order valence-corrected chi connectivity index (χ3v) is 4.89. The largest absolute Gasteiger partial charge is 0.0654 e. The maximum atomic E-state index is 2.35. The third-order valence-electron chi connectivity index (χ3n) is 4.89. The van der Waals surface area contributed by atoms with Crippen molar-refractivity contribution in [3.05, 3.63) is 0 Å². The van der Waals surface area contributed by atoms with Crippen LogP contribution in [0.5, 0.6) is 0 Å². The van der Waals surface area contributed by atoms with Crippen LogP contribution in [0.25, 0.3) is 0 Å². The molecule has 148 valence electrons. The molecule has 0 aromatic heterocycles. The van der Waals surface area contributed by atoms with Crippen molar-refractivity contribution in [1.82, 2.24) is 0 Å². The van der Waals surface area contributed by atoms with E-state index in [4.69, 9.17) is 0 Å². The van der Waals surface area contributed by atoms with Gasteiger partial charge in [0.1, 0.15) is 0 Å². The van der Waals surface area contributed by atoms with Gasteiger partial charge in [-0.1, -0.05) is 121 Å². The summed E-state index contributed by atoms with van der Waals surface area (Å²) < 4.78 is 0. The summed E-state index contributed by atoms with van der Waals surface area (Å²) >= 11 is 0. The molecule has 0 aliphatic rings. The van der Waals surface area contributed by atoms with Crippen molar-refractivity contribution >= 4 is 0 Å². The molecule has 0 saturated heterocycles. The highest BCUT2D eigenvalue weighted by molar-refractivity contribution is 4.69. The molecule has 0 rings (SSSR count). The van der Waals surface area contributed by atoms with Gasteiger partial charge in [0.15, 0.2) is 0 Å². The molecule has 2 atom stereocenters. The van der Waals surface area contributed by atoms with Crippen molar-refractivity contribution in [3.63, 3.8) is 0 Å². The summed E-state index contributed by atoms with van der Waals surface area (Å²) in [6.45, 7) is 23.3. The maximum absolute atomic E-state index is 2.35. The predicted octanol–water partition coefficient (Wildman–Crippen LogP) is 9.28. The fraction of sp³-hybridized carbons (Fsp3) is 1.00. The lowest BCUT2D eigenvalue weighted by Gasteiger charge is -2.25. The van der Waals surface area contributed by atoms with Crippen LogP contribution >= 0.6 is 0 Å². The molecule has 0 amide bonds. The second-order valence-corrected chi connectivity index (χ2v) is 10.4. The number of hydrogen-bond acceptors (Lipinski definition) is 0. The molecule has 0 saturated carbocycles. The molecular weight excluding hydrogens is 288 g/mol. The van der Waals surface area contributed by atoms with Crippen molar-refractivity contribution in [2.75, 3.05) is 0 Å². The van der Waals surface area contributed by atoms with Crippen LogP contribution in [-0.4, -0.2) is 0 Å². The van der Waals surface area contributed by atoms with E-state index in [9.17, 15) is 0 Å². The van der Waals surface area contributed by atoms with Gasteiger partial charge in [0.25, 0.3) is 0 Å². The van der Waals surface area contributed by atoms with E-state index in [2.05, 4.69) is 69.2 Å². The minimum Gasteiger partial charge on any atom is -0.0654 e. The molecule has 0 bridgehead atoms. The molecule has 0 N–H and O–H groups in total. The van der Waals surface area contributed by atoms with Gasteiger partial charge in [0, 0.05) is 0 Å². The van der Waals surface area contributed by atoms with Gasteiger partial charge in [0.2, 0.25) is 0 Å². The minimum atomic E-state index is 0.522. The first-order valence-electron chi connectivity index (χ1n) is 11.0. The molecule has 0 heteroatoms. The summed E-state index contributed by atoms with van der Waals surface area (Å²) in [5, 5.41) is 0. The van der Waals surface area contributed by atoms with Crippen LogP contribution in [0.15, 0.2) is 0 Å². The molecule has 0 aromatic carbocycles. The van der Waals surface area contributed by atoms with Gasteiger partial charge in [-0.2, -0.15) is 0 Å². The maximum Gasteiger partial charge on any atom is -0.0380 e. The predicted molar refractivity (Wildman–Crippen MR) is 115 cm³/mol. The van der Waals surface area contributed by atoms with Crippen molar-refractivity contribution in [2.24, 2.45) is 22.7 Å². The number of hydrogen-bond donors (Lipinski definition) is 0. The van der Waals surface area contributed by atoms with E-state index < -0.39 is 0 Å². The van der Waals surface area contributed by atoms with Crippen LogP contribution in [0.1, 0.15) is 133 Å². The molecule has 0 fully saturated rings. The van der Waals surface area contributed by atoms with Gasteiger partial charge in [-0.15, -0.1) is 0 Å². The van der Waals surface area contributed by atoms with E-state index in [1.54, 1.807) is 0 Å². The van der Waals surface area contributed by atoms with Crippen molar-refractivity contribution in [1.29, 1.82) is 0 Å². The zero-order chi connectivity index (χ0) is 19.2. The number of unbranched alkanes of at least 4 members (excludes halogenated alkanes) is 2. The van der Waals surface area contributed by atoms with Gasteiger partial charge >= 0.3 is 0 Å². The van der Waals surface area contributed by atoms with Gasteiger partial charge in [-0.3, -0.25) is 0 Å². The van der Waals surface area contributed by atoms with Crippen LogP contribution < -0.4 is 0 Å². The highest BCUT2D eigenvalue weighted by Gasteiger charge is 2.17. The van der Waals surface area contributed by atoms with E-state index in [1.165, 1.54) is 64.2 Å². The molecule has 0 aliphatic heterocycles. The van der Waals surface area contributed by atoms with Gasteiger partial charge in [-0.25, -0.2) is 0 Å². The molecular formula is C24H52. The van der Waals surface area contributed by atoms with Gasteiger partial charge in [-0.05, 0) is 35.5 Å². The quantitative estimate of drug-likeness (QED) is 0.371. The monoisotopic (exact) mass is 340 g/mol. The smallest absolute Gasteiger partial charge is 0.0380 e. The molecule has 0 heterocycles. The normalized spacial score (nSPS) is 14.8. The number of rotatable bonds is 10. The second kappa shape index (κ2) is 14.2. The molecule has 2 unspecified atom stereocenters. The fourth-order valence-electron chi connectivity index (χ4n) is 3.62.